The quantitative estimate of drug-likeness (QED) is 0.202. The number of rotatable bonds is 10. The van der Waals surface area contributed by atoms with E-state index < -0.39 is 48.7 Å². The molecule has 0 radical (unpaired) electrons. The SMILES string of the molecule is O=C(Nc1ccc(OC(F)(F)F)cc1)NC(c1ccc(C(=O)NC[C@@H](O)C(=O)O)cc1)c1ccc(C2CCCCC2)cc1. The Morgan fingerprint density at radius 1 is 0.860 bits per heavy atom. The molecule has 3 amide bonds. The van der Waals surface area contributed by atoms with E-state index in [9.17, 15) is 32.7 Å². The van der Waals surface area contributed by atoms with Gasteiger partial charge in [0.2, 0.25) is 0 Å². The van der Waals surface area contributed by atoms with Crippen LogP contribution in [0.15, 0.2) is 72.8 Å². The Bertz CT molecular complexity index is 1390. The van der Waals surface area contributed by atoms with Gasteiger partial charge in [-0.2, -0.15) is 0 Å². The zero-order valence-corrected chi connectivity index (χ0v) is 23.1. The van der Waals surface area contributed by atoms with Crippen molar-refractivity contribution in [1.29, 1.82) is 0 Å². The van der Waals surface area contributed by atoms with Gasteiger partial charge in [-0.1, -0.05) is 55.7 Å². The first-order valence-electron chi connectivity index (χ1n) is 13.8. The second-order valence-corrected chi connectivity index (χ2v) is 10.3. The van der Waals surface area contributed by atoms with Gasteiger partial charge in [0.25, 0.3) is 5.91 Å². The highest BCUT2D eigenvalue weighted by Gasteiger charge is 2.31. The van der Waals surface area contributed by atoms with Crippen LogP contribution in [0.5, 0.6) is 5.75 Å². The van der Waals surface area contributed by atoms with Gasteiger partial charge < -0.3 is 30.9 Å². The highest BCUT2D eigenvalue weighted by Crippen LogP contribution is 2.34. The number of carbonyl (C=O) groups excluding carboxylic acids is 2. The van der Waals surface area contributed by atoms with Gasteiger partial charge in [-0.25, -0.2) is 9.59 Å². The topological polar surface area (TPSA) is 137 Å². The summed E-state index contributed by atoms with van der Waals surface area (Å²) in [5.74, 6) is -1.97. The number of hydrogen-bond donors (Lipinski definition) is 5. The summed E-state index contributed by atoms with van der Waals surface area (Å²) in [5.41, 5.74) is 3.10. The monoisotopic (exact) mass is 599 g/mol. The largest absolute Gasteiger partial charge is 0.573 e. The highest BCUT2D eigenvalue weighted by molar-refractivity contribution is 5.94. The molecule has 3 aromatic carbocycles. The van der Waals surface area contributed by atoms with Crippen molar-refractivity contribution in [1.82, 2.24) is 10.6 Å². The second kappa shape index (κ2) is 14.1. The van der Waals surface area contributed by atoms with Crippen LogP contribution in [0.2, 0.25) is 0 Å². The number of halogens is 3. The summed E-state index contributed by atoms with van der Waals surface area (Å²) in [6.07, 6.45) is -0.693. The number of anilines is 1. The van der Waals surface area contributed by atoms with E-state index in [0.29, 0.717) is 11.5 Å². The molecular weight excluding hydrogens is 567 g/mol. The second-order valence-electron chi connectivity index (χ2n) is 10.3. The van der Waals surface area contributed by atoms with Gasteiger partial charge in [0, 0.05) is 11.3 Å². The number of amides is 3. The number of aliphatic carboxylic acids is 1. The summed E-state index contributed by atoms with van der Waals surface area (Å²) in [5, 5.41) is 26.0. The molecule has 0 aliphatic heterocycles. The highest BCUT2D eigenvalue weighted by atomic mass is 19.4. The molecule has 43 heavy (non-hydrogen) atoms. The Labute approximate surface area is 246 Å². The molecule has 2 atom stereocenters. The molecule has 1 saturated carbocycles. The molecule has 1 aliphatic carbocycles. The molecule has 4 rings (SSSR count). The Morgan fingerprint density at radius 3 is 2.00 bits per heavy atom. The minimum atomic E-state index is -4.83. The molecule has 0 spiro atoms. The number of aliphatic hydroxyl groups excluding tert-OH is 1. The van der Waals surface area contributed by atoms with Gasteiger partial charge in [0.05, 0.1) is 12.6 Å². The van der Waals surface area contributed by atoms with E-state index in [1.54, 1.807) is 12.1 Å². The molecule has 1 fully saturated rings. The number of urea groups is 1. The van der Waals surface area contributed by atoms with Crippen molar-refractivity contribution >= 4 is 23.6 Å². The number of carboxylic acid groups (broad SMARTS) is 1. The smallest absolute Gasteiger partial charge is 0.479 e. The van der Waals surface area contributed by atoms with Crippen LogP contribution in [0.25, 0.3) is 0 Å². The number of aliphatic hydroxyl groups is 1. The summed E-state index contributed by atoms with van der Waals surface area (Å²) in [6.45, 7) is -0.461. The van der Waals surface area contributed by atoms with Gasteiger partial charge in [0.15, 0.2) is 6.10 Å². The van der Waals surface area contributed by atoms with Crippen molar-refractivity contribution in [2.75, 3.05) is 11.9 Å². The number of carboxylic acids is 1. The lowest BCUT2D eigenvalue weighted by Crippen LogP contribution is -2.36. The van der Waals surface area contributed by atoms with Crippen LogP contribution in [-0.2, 0) is 4.79 Å². The van der Waals surface area contributed by atoms with E-state index in [1.165, 1.54) is 49.1 Å². The van der Waals surface area contributed by atoms with E-state index in [2.05, 4.69) is 20.7 Å². The maximum atomic E-state index is 13.0. The molecule has 1 aliphatic rings. The molecule has 228 valence electrons. The predicted molar refractivity (Wildman–Crippen MR) is 152 cm³/mol. The zero-order chi connectivity index (χ0) is 31.0. The Balaban J connectivity index is 1.51. The first-order chi connectivity index (χ1) is 20.5. The fraction of sp³-hybridized carbons (Fsp3) is 0.323. The fourth-order valence-electron chi connectivity index (χ4n) is 5.00. The average Bonchev–Trinajstić information content (AvgIpc) is 2.99. The van der Waals surface area contributed by atoms with Crippen LogP contribution in [0.4, 0.5) is 23.7 Å². The molecule has 0 aromatic heterocycles. The van der Waals surface area contributed by atoms with Gasteiger partial charge in [-0.15, -0.1) is 13.2 Å². The first kappa shape index (κ1) is 31.4. The third-order valence-electron chi connectivity index (χ3n) is 7.21. The molecular formula is C31H32F3N3O6. The third kappa shape index (κ3) is 9.20. The van der Waals surface area contributed by atoms with Gasteiger partial charge in [0.1, 0.15) is 5.75 Å². The van der Waals surface area contributed by atoms with Crippen LogP contribution in [0.1, 0.15) is 71.1 Å². The normalized spacial score (nSPS) is 15.2. The maximum absolute atomic E-state index is 13.0. The fourth-order valence-corrected chi connectivity index (χ4v) is 5.00. The summed E-state index contributed by atoms with van der Waals surface area (Å²) in [4.78, 5) is 36.2. The zero-order valence-electron chi connectivity index (χ0n) is 23.1. The van der Waals surface area contributed by atoms with E-state index in [4.69, 9.17) is 5.11 Å². The predicted octanol–water partition coefficient (Wildman–Crippen LogP) is 5.72. The van der Waals surface area contributed by atoms with Crippen LogP contribution >= 0.6 is 0 Å². The summed E-state index contributed by atoms with van der Waals surface area (Å²) in [7, 11) is 0. The summed E-state index contributed by atoms with van der Waals surface area (Å²) < 4.78 is 41.2. The molecule has 0 saturated heterocycles. The van der Waals surface area contributed by atoms with Crippen molar-refractivity contribution in [2.45, 2.75) is 56.5 Å². The molecule has 12 heteroatoms. The molecule has 9 nitrogen and oxygen atoms in total. The van der Waals surface area contributed by atoms with Crippen LogP contribution in [-0.4, -0.2) is 47.1 Å². The number of benzene rings is 3. The van der Waals surface area contributed by atoms with Gasteiger partial charge >= 0.3 is 18.4 Å². The molecule has 5 N–H and O–H groups in total. The minimum Gasteiger partial charge on any atom is -0.479 e. The van der Waals surface area contributed by atoms with E-state index in [0.717, 1.165) is 30.5 Å². The Morgan fingerprint density at radius 2 is 1.44 bits per heavy atom. The standard InChI is InChI=1S/C31H32F3N3O6/c32-31(33,34)43-25-16-14-24(15-17-25)36-30(42)37-27(21-8-6-20(7-9-21)19-4-2-1-3-5-19)22-10-12-23(13-11-22)28(39)35-18-26(38)29(40)41/h6-17,19,26-27,38H,1-5,18H2,(H,35,39)(H,40,41)(H2,36,37,42)/t26-,27?/m1/s1. The summed E-state index contributed by atoms with van der Waals surface area (Å²) >= 11 is 0. The number of ether oxygens (including phenoxy) is 1. The lowest BCUT2D eigenvalue weighted by molar-refractivity contribution is -0.274. The molecule has 3 aromatic rings. The van der Waals surface area contributed by atoms with Gasteiger partial charge in [-0.05, 0) is 71.8 Å². The van der Waals surface area contributed by atoms with Crippen molar-refractivity contribution in [2.24, 2.45) is 0 Å². The van der Waals surface area contributed by atoms with Crippen LogP contribution in [0, 0.1) is 0 Å². The van der Waals surface area contributed by atoms with Crippen LogP contribution in [0.3, 0.4) is 0 Å². The number of nitrogens with one attached hydrogen (secondary N) is 3. The third-order valence-corrected chi connectivity index (χ3v) is 7.21. The lowest BCUT2D eigenvalue weighted by atomic mass is 9.83. The van der Waals surface area contributed by atoms with Crippen molar-refractivity contribution < 1.29 is 42.5 Å². The number of carbonyl (C=O) groups is 3. The molecule has 0 bridgehead atoms. The first-order valence-corrected chi connectivity index (χ1v) is 13.8. The number of alkyl halides is 3. The van der Waals surface area contributed by atoms with Crippen molar-refractivity contribution in [3.8, 4) is 5.75 Å². The van der Waals surface area contributed by atoms with Crippen molar-refractivity contribution in [3.63, 3.8) is 0 Å². The minimum absolute atomic E-state index is 0.221. The van der Waals surface area contributed by atoms with E-state index >= 15 is 0 Å². The Kier molecular flexibility index (Phi) is 10.3. The Hall–Kier alpha value is -4.58. The summed E-state index contributed by atoms with van der Waals surface area (Å²) in [6, 6.07) is 17.8. The number of hydrogen-bond acceptors (Lipinski definition) is 5. The average molecular weight is 600 g/mol. The lowest BCUT2D eigenvalue weighted by Gasteiger charge is -2.24. The maximum Gasteiger partial charge on any atom is 0.573 e. The van der Waals surface area contributed by atoms with E-state index in [1.807, 2.05) is 24.3 Å². The van der Waals surface area contributed by atoms with E-state index in [-0.39, 0.29) is 11.3 Å². The molecule has 0 heterocycles. The van der Waals surface area contributed by atoms with Gasteiger partial charge in [-0.3, -0.25) is 4.79 Å². The van der Waals surface area contributed by atoms with Crippen molar-refractivity contribution in [3.05, 3.63) is 95.1 Å². The van der Waals surface area contributed by atoms with Crippen LogP contribution < -0.4 is 20.7 Å². The molecule has 1 unspecified atom stereocenters.